The molecule has 0 radical (unpaired) electrons. The van der Waals surface area contributed by atoms with Crippen molar-refractivity contribution in [1.29, 1.82) is 10.5 Å². The van der Waals surface area contributed by atoms with Crippen LogP contribution in [0.2, 0.25) is 0 Å². The number of hydrogen-bond acceptors (Lipinski definition) is 5. The molecule has 5 heteroatoms. The topological polar surface area (TPSA) is 85.6 Å². The van der Waals surface area contributed by atoms with E-state index in [1.165, 1.54) is 6.20 Å². The van der Waals surface area contributed by atoms with Crippen LogP contribution >= 0.6 is 0 Å². The Bertz CT molecular complexity index is 669. The molecule has 0 fully saturated rings. The Morgan fingerprint density at radius 3 is 2.89 bits per heavy atom. The fourth-order valence-electron chi connectivity index (χ4n) is 1.50. The van der Waals surface area contributed by atoms with Gasteiger partial charge < -0.3 is 9.73 Å². The maximum atomic E-state index is 8.64. The Morgan fingerprint density at radius 1 is 1.44 bits per heavy atom. The molecule has 0 aliphatic rings. The number of fused-ring (bicyclic) bond motifs is 1. The molecule has 0 saturated carbocycles. The lowest BCUT2D eigenvalue weighted by atomic mass is 10.2. The minimum Gasteiger partial charge on any atom is -0.441 e. The molecule has 0 saturated heterocycles. The van der Waals surface area contributed by atoms with E-state index in [0.29, 0.717) is 29.1 Å². The van der Waals surface area contributed by atoms with Crippen molar-refractivity contribution in [1.82, 2.24) is 4.98 Å². The third-order valence-electron chi connectivity index (χ3n) is 2.38. The Kier molecular flexibility index (Phi) is 3.26. The lowest BCUT2D eigenvalue weighted by Gasteiger charge is -1.99. The standard InChI is InChI=1S/C13H10N4O/c1-2-12-17-13-10(4-3-5-11(13)18-12)16-8-9(6-14)7-15/h3-5,8,16H,2H2,1H3. The van der Waals surface area contributed by atoms with Crippen molar-refractivity contribution in [2.24, 2.45) is 0 Å². The van der Waals surface area contributed by atoms with Gasteiger partial charge in [-0.05, 0) is 12.1 Å². The maximum Gasteiger partial charge on any atom is 0.195 e. The number of aromatic nitrogens is 1. The van der Waals surface area contributed by atoms with E-state index >= 15 is 0 Å². The number of para-hydroxylation sites is 1. The van der Waals surface area contributed by atoms with Crippen molar-refractivity contribution in [2.45, 2.75) is 13.3 Å². The Balaban J connectivity index is 2.40. The molecule has 2 aromatic rings. The van der Waals surface area contributed by atoms with Crippen LogP contribution in [0.4, 0.5) is 5.69 Å². The van der Waals surface area contributed by atoms with Gasteiger partial charge >= 0.3 is 0 Å². The number of rotatable bonds is 3. The van der Waals surface area contributed by atoms with E-state index in [2.05, 4.69) is 10.3 Å². The average Bonchev–Trinajstić information content (AvgIpc) is 2.83. The van der Waals surface area contributed by atoms with Crippen LogP contribution in [-0.4, -0.2) is 4.98 Å². The van der Waals surface area contributed by atoms with E-state index in [0.717, 1.165) is 0 Å². The Morgan fingerprint density at radius 2 is 2.22 bits per heavy atom. The molecule has 18 heavy (non-hydrogen) atoms. The van der Waals surface area contributed by atoms with E-state index in [4.69, 9.17) is 14.9 Å². The summed E-state index contributed by atoms with van der Waals surface area (Å²) < 4.78 is 5.52. The second-order valence-electron chi connectivity index (χ2n) is 3.54. The number of hydrogen-bond donors (Lipinski definition) is 1. The van der Waals surface area contributed by atoms with Crippen molar-refractivity contribution in [3.05, 3.63) is 35.9 Å². The van der Waals surface area contributed by atoms with Gasteiger partial charge in [-0.3, -0.25) is 0 Å². The van der Waals surface area contributed by atoms with Gasteiger partial charge in [0.2, 0.25) is 0 Å². The van der Waals surface area contributed by atoms with Crippen LogP contribution in [0.3, 0.4) is 0 Å². The first-order valence-electron chi connectivity index (χ1n) is 5.43. The lowest BCUT2D eigenvalue weighted by Crippen LogP contribution is -1.91. The minimum atomic E-state index is 0.00575. The number of nitrogens with zero attached hydrogens (tertiary/aromatic N) is 3. The molecule has 0 bridgehead atoms. The summed E-state index contributed by atoms with van der Waals surface area (Å²) in [5.41, 5.74) is 2.09. The summed E-state index contributed by atoms with van der Waals surface area (Å²) in [6, 6.07) is 9.02. The summed E-state index contributed by atoms with van der Waals surface area (Å²) in [6.07, 6.45) is 2.07. The molecule has 1 aromatic heterocycles. The zero-order valence-corrected chi connectivity index (χ0v) is 9.77. The Labute approximate surface area is 104 Å². The first-order chi connectivity index (χ1) is 8.78. The lowest BCUT2D eigenvalue weighted by molar-refractivity contribution is 0.538. The molecule has 0 aliphatic carbocycles. The first-order valence-corrected chi connectivity index (χ1v) is 5.43. The van der Waals surface area contributed by atoms with Crippen molar-refractivity contribution < 1.29 is 4.42 Å². The number of benzene rings is 1. The second kappa shape index (κ2) is 5.03. The fraction of sp³-hybridized carbons (Fsp3) is 0.154. The molecule has 0 atom stereocenters. The third-order valence-corrected chi connectivity index (χ3v) is 2.38. The highest BCUT2D eigenvalue weighted by Gasteiger charge is 2.07. The van der Waals surface area contributed by atoms with Crippen LogP contribution in [0, 0.1) is 22.7 Å². The number of nitriles is 2. The number of aryl methyl sites for hydroxylation is 1. The molecule has 1 aromatic carbocycles. The zero-order valence-electron chi connectivity index (χ0n) is 9.77. The predicted octanol–water partition coefficient (Wildman–Crippen LogP) is 2.73. The summed E-state index contributed by atoms with van der Waals surface area (Å²) in [5.74, 6) is 0.656. The largest absolute Gasteiger partial charge is 0.441 e. The molecule has 88 valence electrons. The predicted molar refractivity (Wildman–Crippen MR) is 66.3 cm³/mol. The van der Waals surface area contributed by atoms with E-state index < -0.39 is 0 Å². The minimum absolute atomic E-state index is 0.00575. The Hall–Kier alpha value is -2.79. The summed E-state index contributed by atoms with van der Waals surface area (Å²) in [6.45, 7) is 1.96. The normalized spacial score (nSPS) is 9.50. The van der Waals surface area contributed by atoms with E-state index in [1.807, 2.05) is 25.1 Å². The van der Waals surface area contributed by atoms with Crippen LogP contribution in [0.25, 0.3) is 11.1 Å². The molecular weight excluding hydrogens is 228 g/mol. The summed E-state index contributed by atoms with van der Waals surface area (Å²) in [7, 11) is 0. The van der Waals surface area contributed by atoms with Gasteiger partial charge in [-0.1, -0.05) is 13.0 Å². The summed E-state index contributed by atoms with van der Waals surface area (Å²) >= 11 is 0. The maximum absolute atomic E-state index is 8.64. The highest BCUT2D eigenvalue weighted by atomic mass is 16.3. The molecular formula is C13H10N4O. The van der Waals surface area contributed by atoms with Crippen molar-refractivity contribution in [2.75, 3.05) is 5.32 Å². The molecule has 0 spiro atoms. The van der Waals surface area contributed by atoms with Gasteiger partial charge in [0.05, 0.1) is 5.69 Å². The first kappa shape index (κ1) is 11.7. The van der Waals surface area contributed by atoms with Crippen molar-refractivity contribution in [3.8, 4) is 12.1 Å². The quantitative estimate of drug-likeness (QED) is 0.831. The molecule has 1 N–H and O–H groups in total. The number of anilines is 1. The average molecular weight is 238 g/mol. The van der Waals surface area contributed by atoms with E-state index in [-0.39, 0.29) is 5.57 Å². The van der Waals surface area contributed by atoms with Crippen LogP contribution in [0.5, 0.6) is 0 Å². The SMILES string of the molecule is CCc1nc2c(NC=C(C#N)C#N)cccc2o1. The van der Waals surface area contributed by atoms with Gasteiger partial charge in [0, 0.05) is 12.6 Å². The van der Waals surface area contributed by atoms with Gasteiger partial charge in [0.1, 0.15) is 23.2 Å². The number of allylic oxidation sites excluding steroid dienone is 1. The highest BCUT2D eigenvalue weighted by molar-refractivity contribution is 5.87. The van der Waals surface area contributed by atoms with E-state index in [9.17, 15) is 0 Å². The van der Waals surface area contributed by atoms with Gasteiger partial charge in [-0.25, -0.2) is 4.98 Å². The van der Waals surface area contributed by atoms with Gasteiger partial charge in [-0.2, -0.15) is 10.5 Å². The zero-order chi connectivity index (χ0) is 13.0. The van der Waals surface area contributed by atoms with Crippen LogP contribution in [0.15, 0.2) is 34.4 Å². The molecule has 5 nitrogen and oxygen atoms in total. The summed E-state index contributed by atoms with van der Waals surface area (Å²) in [4.78, 5) is 4.34. The number of oxazole rings is 1. The fourth-order valence-corrected chi connectivity index (χ4v) is 1.50. The highest BCUT2D eigenvalue weighted by Crippen LogP contribution is 2.24. The van der Waals surface area contributed by atoms with E-state index in [1.54, 1.807) is 12.1 Å². The van der Waals surface area contributed by atoms with Gasteiger partial charge in [0.15, 0.2) is 11.5 Å². The smallest absolute Gasteiger partial charge is 0.195 e. The molecule has 2 rings (SSSR count). The monoisotopic (exact) mass is 238 g/mol. The van der Waals surface area contributed by atoms with Gasteiger partial charge in [0.25, 0.3) is 0 Å². The van der Waals surface area contributed by atoms with Crippen LogP contribution < -0.4 is 5.32 Å². The second-order valence-corrected chi connectivity index (χ2v) is 3.54. The molecule has 1 heterocycles. The summed E-state index contributed by atoms with van der Waals surface area (Å²) in [5, 5.41) is 20.2. The van der Waals surface area contributed by atoms with Crippen molar-refractivity contribution in [3.63, 3.8) is 0 Å². The van der Waals surface area contributed by atoms with Gasteiger partial charge in [-0.15, -0.1) is 0 Å². The number of nitrogens with one attached hydrogen (secondary N) is 1. The van der Waals surface area contributed by atoms with Crippen LogP contribution in [0.1, 0.15) is 12.8 Å². The molecule has 0 amide bonds. The third kappa shape index (κ3) is 2.16. The molecule has 0 aliphatic heterocycles. The molecule has 0 unspecified atom stereocenters. The van der Waals surface area contributed by atoms with Crippen molar-refractivity contribution >= 4 is 16.8 Å². The van der Waals surface area contributed by atoms with Crippen LogP contribution in [-0.2, 0) is 6.42 Å².